The summed E-state index contributed by atoms with van der Waals surface area (Å²) in [6.45, 7) is 0. The van der Waals surface area contributed by atoms with E-state index in [4.69, 9.17) is 0 Å². The normalized spacial score (nSPS) is 10.4. The Balaban J connectivity index is 2.09. The van der Waals surface area contributed by atoms with Crippen molar-refractivity contribution < 1.29 is 0 Å². The Kier molecular flexibility index (Phi) is 2.31. The average Bonchev–Trinajstić information content (AvgIpc) is 3.09. The summed E-state index contributed by atoms with van der Waals surface area (Å²) in [5.41, 5.74) is 0.856. The summed E-state index contributed by atoms with van der Waals surface area (Å²) in [5.74, 6) is 2.25. The van der Waals surface area contributed by atoms with Gasteiger partial charge in [0.2, 0.25) is 0 Å². The number of nitrogens with zero attached hydrogens (tertiary/aromatic N) is 3. The van der Waals surface area contributed by atoms with E-state index in [0.29, 0.717) is 0 Å². The van der Waals surface area contributed by atoms with Gasteiger partial charge in [-0.15, -0.1) is 0 Å². The van der Waals surface area contributed by atoms with Crippen molar-refractivity contribution in [3.63, 3.8) is 0 Å². The van der Waals surface area contributed by atoms with Gasteiger partial charge in [-0.25, -0.2) is 15.0 Å². The molecule has 3 aromatic heterocycles. The summed E-state index contributed by atoms with van der Waals surface area (Å²) < 4.78 is 0. The molecule has 0 spiro atoms. The molecule has 17 heavy (non-hydrogen) atoms. The second-order valence-electron chi connectivity index (χ2n) is 3.41. The minimum atomic E-state index is 0.747. The molecule has 0 saturated carbocycles. The van der Waals surface area contributed by atoms with E-state index in [9.17, 15) is 0 Å². The lowest BCUT2D eigenvalue weighted by atomic mass is 10.2. The predicted octanol–water partition coefficient (Wildman–Crippen LogP) is 1.44. The lowest BCUT2D eigenvalue weighted by Gasteiger charge is -1.99. The quantitative estimate of drug-likeness (QED) is 0.631. The molecular weight excluding hydrogens is 216 g/mol. The monoisotopic (exact) mass is 226 g/mol. The maximum absolute atomic E-state index is 4.23. The maximum atomic E-state index is 4.23. The summed E-state index contributed by atoms with van der Waals surface area (Å²) in [7, 11) is 0. The first-order valence-corrected chi connectivity index (χ1v) is 5.14. The molecule has 0 aromatic carbocycles. The molecule has 0 aliphatic carbocycles. The van der Waals surface area contributed by atoms with Gasteiger partial charge in [-0.3, -0.25) is 0 Å². The van der Waals surface area contributed by atoms with E-state index >= 15 is 0 Å². The van der Waals surface area contributed by atoms with Crippen LogP contribution in [0.2, 0.25) is 0 Å². The van der Waals surface area contributed by atoms with Crippen molar-refractivity contribution in [2.24, 2.45) is 0 Å². The van der Waals surface area contributed by atoms with E-state index in [1.165, 1.54) is 0 Å². The number of nitrogens with one attached hydrogen (secondary N) is 3. The van der Waals surface area contributed by atoms with Gasteiger partial charge in [-0.2, -0.15) is 0 Å². The lowest BCUT2D eigenvalue weighted by Crippen LogP contribution is -1.93. The Hall–Kier alpha value is -2.63. The van der Waals surface area contributed by atoms with E-state index in [-0.39, 0.29) is 0 Å². The number of H-pyrrole nitrogens is 3. The van der Waals surface area contributed by atoms with E-state index < -0.39 is 0 Å². The molecular formula is C11H10N6. The summed E-state index contributed by atoms with van der Waals surface area (Å²) in [6, 6.07) is 0. The van der Waals surface area contributed by atoms with Crippen molar-refractivity contribution in [3.8, 4) is 0 Å². The second kappa shape index (κ2) is 4.09. The summed E-state index contributed by atoms with van der Waals surface area (Å²) in [4.78, 5) is 21.8. The molecule has 6 nitrogen and oxygen atoms in total. The third-order valence-corrected chi connectivity index (χ3v) is 2.31. The molecule has 6 heteroatoms. The van der Waals surface area contributed by atoms with Crippen LogP contribution in [0, 0.1) is 0 Å². The Morgan fingerprint density at radius 2 is 1.41 bits per heavy atom. The molecule has 0 radical (unpaired) electrons. The molecule has 0 saturated heterocycles. The van der Waals surface area contributed by atoms with Crippen molar-refractivity contribution in [2.45, 2.75) is 0 Å². The number of hydrogen-bond acceptors (Lipinski definition) is 3. The topological polar surface area (TPSA) is 86.0 Å². The average molecular weight is 226 g/mol. The maximum Gasteiger partial charge on any atom is 0.141 e. The van der Waals surface area contributed by atoms with Gasteiger partial charge in [0.15, 0.2) is 0 Å². The van der Waals surface area contributed by atoms with Crippen LogP contribution in [0.1, 0.15) is 17.5 Å². The number of imidazole rings is 3. The first kappa shape index (κ1) is 9.59. The first-order chi connectivity index (χ1) is 8.43. The van der Waals surface area contributed by atoms with Crippen molar-refractivity contribution in [3.05, 3.63) is 54.7 Å². The van der Waals surface area contributed by atoms with Crippen LogP contribution < -0.4 is 0 Å². The molecule has 3 rings (SSSR count). The molecule has 0 fully saturated rings. The lowest BCUT2D eigenvalue weighted by molar-refractivity contribution is 1.17. The Labute approximate surface area is 96.9 Å². The van der Waals surface area contributed by atoms with E-state index in [0.717, 1.165) is 23.0 Å². The zero-order valence-electron chi connectivity index (χ0n) is 8.88. The van der Waals surface area contributed by atoms with Crippen molar-refractivity contribution in [1.82, 2.24) is 29.9 Å². The summed E-state index contributed by atoms with van der Waals surface area (Å²) in [5, 5.41) is 0. The zero-order valence-corrected chi connectivity index (χ0v) is 8.88. The Bertz CT molecular complexity index is 552. The van der Waals surface area contributed by atoms with Crippen LogP contribution in [0.4, 0.5) is 0 Å². The van der Waals surface area contributed by atoms with Gasteiger partial charge < -0.3 is 15.0 Å². The number of aromatic amines is 3. The molecule has 3 aromatic rings. The van der Waals surface area contributed by atoms with Gasteiger partial charge in [0, 0.05) is 37.2 Å². The second-order valence-corrected chi connectivity index (χ2v) is 3.41. The Morgan fingerprint density at radius 3 is 1.88 bits per heavy atom. The van der Waals surface area contributed by atoms with Crippen LogP contribution in [0.15, 0.2) is 37.2 Å². The molecule has 3 heterocycles. The third-order valence-electron chi connectivity index (χ3n) is 2.31. The fourth-order valence-electron chi connectivity index (χ4n) is 1.57. The minimum absolute atomic E-state index is 0.747. The van der Waals surface area contributed by atoms with E-state index in [1.807, 2.05) is 6.08 Å². The molecule has 0 amide bonds. The van der Waals surface area contributed by atoms with Gasteiger partial charge in [0.05, 0.1) is 5.57 Å². The molecule has 0 aliphatic heterocycles. The SMILES string of the molecule is C(=C(c1ncc[nH]1)c1ncc[nH]1)c1ncc[nH]1. The highest BCUT2D eigenvalue weighted by atomic mass is 14.9. The van der Waals surface area contributed by atoms with Crippen molar-refractivity contribution in [1.29, 1.82) is 0 Å². The van der Waals surface area contributed by atoms with Crippen molar-refractivity contribution >= 4 is 11.6 Å². The van der Waals surface area contributed by atoms with Crippen LogP contribution in [-0.2, 0) is 0 Å². The Morgan fingerprint density at radius 1 is 0.824 bits per heavy atom. The van der Waals surface area contributed by atoms with Crippen LogP contribution >= 0.6 is 0 Å². The standard InChI is InChI=1S/C11H10N6/c1-2-13-9(12-1)7-8(10-14-3-4-15-10)11-16-5-6-17-11/h1-7H,(H,12,13)(H,14,15)(H,16,17). The van der Waals surface area contributed by atoms with Crippen LogP contribution in [-0.4, -0.2) is 29.9 Å². The van der Waals surface area contributed by atoms with Gasteiger partial charge in [0.25, 0.3) is 0 Å². The smallest absolute Gasteiger partial charge is 0.141 e. The first-order valence-electron chi connectivity index (χ1n) is 5.14. The molecule has 3 N–H and O–H groups in total. The molecule has 0 atom stereocenters. The highest BCUT2D eigenvalue weighted by Gasteiger charge is 2.10. The van der Waals surface area contributed by atoms with Crippen molar-refractivity contribution in [2.75, 3.05) is 0 Å². The van der Waals surface area contributed by atoms with Gasteiger partial charge in [-0.1, -0.05) is 0 Å². The summed E-state index contributed by atoms with van der Waals surface area (Å²) in [6.07, 6.45) is 12.3. The van der Waals surface area contributed by atoms with E-state index in [2.05, 4.69) is 29.9 Å². The fraction of sp³-hybridized carbons (Fsp3) is 0. The number of rotatable bonds is 3. The van der Waals surface area contributed by atoms with Crippen LogP contribution in [0.25, 0.3) is 11.6 Å². The minimum Gasteiger partial charge on any atom is -0.345 e. The van der Waals surface area contributed by atoms with Gasteiger partial charge >= 0.3 is 0 Å². The fourth-order valence-corrected chi connectivity index (χ4v) is 1.57. The molecule has 0 bridgehead atoms. The molecule has 0 aliphatic rings. The zero-order chi connectivity index (χ0) is 11.5. The van der Waals surface area contributed by atoms with E-state index in [1.54, 1.807) is 37.2 Å². The van der Waals surface area contributed by atoms with Crippen LogP contribution in [0.3, 0.4) is 0 Å². The van der Waals surface area contributed by atoms with Gasteiger partial charge in [-0.05, 0) is 6.08 Å². The number of hydrogen-bond donors (Lipinski definition) is 3. The number of aromatic nitrogens is 6. The van der Waals surface area contributed by atoms with Gasteiger partial charge in [0.1, 0.15) is 17.5 Å². The highest BCUT2D eigenvalue weighted by Crippen LogP contribution is 2.18. The predicted molar refractivity (Wildman–Crippen MR) is 62.7 cm³/mol. The highest BCUT2D eigenvalue weighted by molar-refractivity contribution is 5.84. The van der Waals surface area contributed by atoms with Crippen LogP contribution in [0.5, 0.6) is 0 Å². The molecule has 0 unspecified atom stereocenters. The molecule has 84 valence electrons. The summed E-state index contributed by atoms with van der Waals surface area (Å²) >= 11 is 0. The largest absolute Gasteiger partial charge is 0.345 e. The third kappa shape index (κ3) is 1.87.